The molecule has 2 unspecified atom stereocenters. The molecule has 1 aromatic heterocycles. The number of hydrogen-bond acceptors (Lipinski definition) is 4. The molecule has 0 bridgehead atoms. The van der Waals surface area contributed by atoms with Crippen molar-refractivity contribution in [2.24, 2.45) is 0 Å². The lowest BCUT2D eigenvalue weighted by Crippen LogP contribution is -2.50. The Morgan fingerprint density at radius 1 is 1.30 bits per heavy atom. The Morgan fingerprint density at radius 3 is 2.55 bits per heavy atom. The monoisotopic (exact) mass is 297 g/mol. The lowest BCUT2D eigenvalue weighted by Gasteiger charge is -2.18. The normalized spacial score (nSPS) is 13.6. The molecular formula is C14H23N3O2S. The highest BCUT2D eigenvalue weighted by Crippen LogP contribution is 2.16. The van der Waals surface area contributed by atoms with Gasteiger partial charge in [0.05, 0.1) is 6.04 Å². The summed E-state index contributed by atoms with van der Waals surface area (Å²) in [6.07, 6.45) is 0.872. The van der Waals surface area contributed by atoms with Gasteiger partial charge >= 0.3 is 6.03 Å². The number of nitrogens with one attached hydrogen (secondary N) is 3. The van der Waals surface area contributed by atoms with Crippen molar-refractivity contribution < 1.29 is 9.59 Å². The van der Waals surface area contributed by atoms with E-state index in [4.69, 9.17) is 0 Å². The maximum atomic E-state index is 11.8. The lowest BCUT2D eigenvalue weighted by atomic mass is 10.2. The largest absolute Gasteiger partial charge is 0.338 e. The summed E-state index contributed by atoms with van der Waals surface area (Å²) >= 11 is 1.76. The van der Waals surface area contributed by atoms with Crippen molar-refractivity contribution in [3.8, 4) is 0 Å². The van der Waals surface area contributed by atoms with Crippen molar-refractivity contribution in [2.75, 3.05) is 6.54 Å². The van der Waals surface area contributed by atoms with Crippen LogP contribution in [0.3, 0.4) is 0 Å². The van der Waals surface area contributed by atoms with Crippen molar-refractivity contribution in [1.82, 2.24) is 16.0 Å². The first-order valence-corrected chi connectivity index (χ1v) is 7.64. The predicted octanol–water partition coefficient (Wildman–Crippen LogP) is 1.81. The summed E-state index contributed by atoms with van der Waals surface area (Å²) in [4.78, 5) is 25.6. The average molecular weight is 297 g/mol. The fraction of sp³-hybridized carbons (Fsp3) is 0.571. The summed E-state index contributed by atoms with van der Waals surface area (Å²) in [5.74, 6) is -0.315. The molecular weight excluding hydrogens is 274 g/mol. The number of carbonyl (C=O) groups is 2. The minimum absolute atomic E-state index is 0.169. The summed E-state index contributed by atoms with van der Waals surface area (Å²) in [7, 11) is 0. The Bertz CT molecular complexity index is 459. The van der Waals surface area contributed by atoms with E-state index in [9.17, 15) is 9.59 Å². The van der Waals surface area contributed by atoms with Crippen LogP contribution in [0.4, 0.5) is 4.79 Å². The maximum absolute atomic E-state index is 11.8. The molecule has 0 saturated carbocycles. The van der Waals surface area contributed by atoms with Gasteiger partial charge in [-0.05, 0) is 46.2 Å². The van der Waals surface area contributed by atoms with E-state index in [0.29, 0.717) is 6.54 Å². The van der Waals surface area contributed by atoms with Gasteiger partial charge in [0.2, 0.25) is 5.91 Å². The van der Waals surface area contributed by atoms with Gasteiger partial charge in [0.1, 0.15) is 0 Å². The average Bonchev–Trinajstić information content (AvgIpc) is 2.74. The molecule has 1 aromatic rings. The Hall–Kier alpha value is -1.40. The van der Waals surface area contributed by atoms with Gasteiger partial charge in [-0.3, -0.25) is 10.1 Å². The molecule has 0 aliphatic heterocycles. The number of amides is 3. The molecule has 2 atom stereocenters. The van der Waals surface area contributed by atoms with Crippen LogP contribution in [-0.2, 0) is 11.2 Å². The van der Waals surface area contributed by atoms with Crippen molar-refractivity contribution in [2.45, 2.75) is 46.2 Å². The standard InChI is InChI=1S/C14H23N3O2S/c1-5-15-14(19)17-13(18)11(4)16-9(2)8-12-7-6-10(3)20-12/h6-7,9,11,16H,5,8H2,1-4H3,(H2,15,17,18,19). The van der Waals surface area contributed by atoms with Gasteiger partial charge < -0.3 is 10.6 Å². The summed E-state index contributed by atoms with van der Waals surface area (Å²) in [5.41, 5.74) is 0. The molecule has 3 amide bonds. The Labute approximate surface area is 124 Å². The van der Waals surface area contributed by atoms with E-state index in [1.807, 2.05) is 6.92 Å². The third-order valence-electron chi connectivity index (χ3n) is 2.81. The highest BCUT2D eigenvalue weighted by molar-refractivity contribution is 7.11. The van der Waals surface area contributed by atoms with E-state index in [1.165, 1.54) is 9.75 Å². The number of aryl methyl sites for hydroxylation is 1. The molecule has 0 spiro atoms. The van der Waals surface area contributed by atoms with Crippen molar-refractivity contribution in [3.63, 3.8) is 0 Å². The molecule has 6 heteroatoms. The van der Waals surface area contributed by atoms with E-state index in [-0.39, 0.29) is 11.9 Å². The molecule has 1 rings (SSSR count). The number of imide groups is 1. The Morgan fingerprint density at radius 2 is 2.00 bits per heavy atom. The lowest BCUT2D eigenvalue weighted by molar-refractivity contribution is -0.121. The molecule has 5 nitrogen and oxygen atoms in total. The quantitative estimate of drug-likeness (QED) is 0.750. The van der Waals surface area contributed by atoms with Crippen molar-refractivity contribution >= 4 is 23.3 Å². The molecule has 20 heavy (non-hydrogen) atoms. The number of urea groups is 1. The van der Waals surface area contributed by atoms with Gasteiger partial charge in [-0.1, -0.05) is 0 Å². The molecule has 3 N–H and O–H groups in total. The Balaban J connectivity index is 2.38. The fourth-order valence-electron chi connectivity index (χ4n) is 1.88. The Kier molecular flexibility index (Phi) is 6.67. The van der Waals surface area contributed by atoms with Gasteiger partial charge in [0.25, 0.3) is 0 Å². The van der Waals surface area contributed by atoms with Crippen LogP contribution in [0.25, 0.3) is 0 Å². The van der Waals surface area contributed by atoms with E-state index >= 15 is 0 Å². The van der Waals surface area contributed by atoms with Crippen LogP contribution in [0.2, 0.25) is 0 Å². The van der Waals surface area contributed by atoms with Crippen LogP contribution in [0.15, 0.2) is 12.1 Å². The zero-order chi connectivity index (χ0) is 15.1. The first-order chi connectivity index (χ1) is 9.42. The van der Waals surface area contributed by atoms with Crippen molar-refractivity contribution in [1.29, 1.82) is 0 Å². The molecule has 1 heterocycles. The molecule has 112 valence electrons. The molecule has 0 radical (unpaired) electrons. The minimum Gasteiger partial charge on any atom is -0.338 e. The SMILES string of the molecule is CCNC(=O)NC(=O)C(C)NC(C)Cc1ccc(C)s1. The van der Waals surface area contributed by atoms with E-state index in [1.54, 1.807) is 25.2 Å². The van der Waals surface area contributed by atoms with Crippen LogP contribution in [-0.4, -0.2) is 30.6 Å². The topological polar surface area (TPSA) is 70.2 Å². The van der Waals surface area contributed by atoms with E-state index in [2.05, 4.69) is 35.0 Å². The summed E-state index contributed by atoms with van der Waals surface area (Å²) < 4.78 is 0. The number of hydrogen-bond donors (Lipinski definition) is 3. The van der Waals surface area contributed by atoms with E-state index < -0.39 is 12.1 Å². The van der Waals surface area contributed by atoms with E-state index in [0.717, 1.165) is 6.42 Å². The van der Waals surface area contributed by atoms with Gasteiger partial charge in [-0.25, -0.2) is 4.79 Å². The van der Waals surface area contributed by atoms with Crippen LogP contribution < -0.4 is 16.0 Å². The molecule has 0 aromatic carbocycles. The van der Waals surface area contributed by atoms with Crippen LogP contribution >= 0.6 is 11.3 Å². The molecule has 0 aliphatic carbocycles. The maximum Gasteiger partial charge on any atom is 0.321 e. The number of thiophene rings is 1. The van der Waals surface area contributed by atoms with Gasteiger partial charge in [0, 0.05) is 22.3 Å². The first-order valence-electron chi connectivity index (χ1n) is 6.82. The second kappa shape index (κ2) is 8.01. The summed E-state index contributed by atoms with van der Waals surface area (Å²) in [5, 5.41) is 8.03. The summed E-state index contributed by atoms with van der Waals surface area (Å²) in [6.45, 7) is 8.16. The van der Waals surface area contributed by atoms with Crippen LogP contribution in [0.1, 0.15) is 30.5 Å². The summed E-state index contributed by atoms with van der Waals surface area (Å²) in [6, 6.07) is 3.51. The third-order valence-corrected chi connectivity index (χ3v) is 3.83. The number of carbonyl (C=O) groups excluding carboxylic acids is 2. The number of rotatable bonds is 6. The molecule has 0 saturated heterocycles. The molecule has 0 aliphatic rings. The third kappa shape index (κ3) is 5.71. The highest BCUT2D eigenvalue weighted by atomic mass is 32.1. The van der Waals surface area contributed by atoms with Crippen molar-refractivity contribution in [3.05, 3.63) is 21.9 Å². The van der Waals surface area contributed by atoms with Gasteiger partial charge in [0.15, 0.2) is 0 Å². The second-order valence-corrected chi connectivity index (χ2v) is 6.23. The smallest absolute Gasteiger partial charge is 0.321 e. The fourth-order valence-corrected chi connectivity index (χ4v) is 2.90. The first kappa shape index (κ1) is 16.7. The zero-order valence-corrected chi connectivity index (χ0v) is 13.3. The van der Waals surface area contributed by atoms with Crippen LogP contribution in [0.5, 0.6) is 0 Å². The van der Waals surface area contributed by atoms with Gasteiger partial charge in [-0.2, -0.15) is 0 Å². The van der Waals surface area contributed by atoms with Gasteiger partial charge in [-0.15, -0.1) is 11.3 Å². The minimum atomic E-state index is -0.451. The molecule has 0 fully saturated rings. The second-order valence-electron chi connectivity index (χ2n) is 4.85. The predicted molar refractivity (Wildman–Crippen MR) is 82.0 cm³/mol. The highest BCUT2D eigenvalue weighted by Gasteiger charge is 2.17. The van der Waals surface area contributed by atoms with Crippen LogP contribution in [0, 0.1) is 6.92 Å². The zero-order valence-electron chi connectivity index (χ0n) is 12.4.